The minimum absolute atomic E-state index is 0. The topological polar surface area (TPSA) is 0 Å². The fraction of sp³-hybridized carbons (Fsp3) is 1.00. The first-order chi connectivity index (χ1) is 5.06. The summed E-state index contributed by atoms with van der Waals surface area (Å²) in [6, 6.07) is 0. The largest absolute Gasteiger partial charge is 1.00 e. The second-order valence-electron chi connectivity index (χ2n) is 2.91. The molecule has 0 aromatic heterocycles. The molecule has 0 bridgehead atoms. The van der Waals surface area contributed by atoms with Crippen molar-refractivity contribution in [1.29, 1.82) is 0 Å². The third-order valence-electron chi connectivity index (χ3n) is 1.64. The maximum Gasteiger partial charge on any atom is 1.00 e. The average Bonchev–Trinajstić information content (AvgIpc) is 1.85. The Morgan fingerprint density at radius 2 is 1.42 bits per heavy atom. The van der Waals surface area contributed by atoms with E-state index in [9.17, 15) is 12.9 Å². The van der Waals surface area contributed by atoms with Crippen LogP contribution in [0.1, 0.15) is 39.0 Å². The van der Waals surface area contributed by atoms with E-state index >= 15 is 0 Å². The number of rotatable bonds is 6. The molecule has 0 nitrogen and oxygen atoms in total. The Balaban J connectivity index is 0. The molecular weight excluding hydrogens is 191 g/mol. The van der Waals surface area contributed by atoms with Gasteiger partial charge in [0.15, 0.2) is 0 Å². The van der Waals surface area contributed by atoms with Gasteiger partial charge < -0.3 is 12.9 Å². The molecule has 68 valence electrons. The summed E-state index contributed by atoms with van der Waals surface area (Å²) in [6.07, 6.45) is 3.59. The van der Waals surface area contributed by atoms with E-state index in [1.54, 1.807) is 0 Å². The normalized spacial score (nSPS) is 11.0. The molecule has 0 atom stereocenters. The van der Waals surface area contributed by atoms with E-state index in [0.29, 0.717) is 6.42 Å². The van der Waals surface area contributed by atoms with Crippen molar-refractivity contribution in [2.45, 2.75) is 45.3 Å². The quantitative estimate of drug-likeness (QED) is 0.445. The second kappa shape index (κ2) is 9.06. The van der Waals surface area contributed by atoms with Crippen LogP contribution < -0.4 is 51.4 Å². The second-order valence-corrected chi connectivity index (χ2v) is 2.91. The van der Waals surface area contributed by atoms with Crippen LogP contribution in [0.25, 0.3) is 0 Å². The molecule has 0 aliphatic heterocycles. The average molecular weight is 206 g/mol. The van der Waals surface area contributed by atoms with Crippen molar-refractivity contribution in [2.75, 3.05) is 0 Å². The number of hydrogen-bond donors (Lipinski definition) is 0. The van der Waals surface area contributed by atoms with E-state index in [1.165, 1.54) is 0 Å². The van der Waals surface area contributed by atoms with Crippen molar-refractivity contribution in [3.8, 4) is 0 Å². The third kappa shape index (κ3) is 14.0. The van der Waals surface area contributed by atoms with Gasteiger partial charge in [-0.1, -0.05) is 45.3 Å². The maximum absolute atomic E-state index is 11.6. The predicted octanol–water partition coefficient (Wildman–Crippen LogP) is 0.808. The number of halogens is 3. The zero-order valence-electron chi connectivity index (χ0n) is 7.95. The molecule has 0 saturated carbocycles. The maximum atomic E-state index is 11.6. The monoisotopic (exact) mass is 206 g/mol. The van der Waals surface area contributed by atoms with Crippen LogP contribution in [0.2, 0.25) is 6.32 Å². The molecule has 5 heteroatoms. The van der Waals surface area contributed by atoms with Gasteiger partial charge in [-0.15, -0.1) is 0 Å². The number of unbranched alkanes of at least 4 members (excludes halogenated alkanes) is 4. The standard InChI is InChI=1S/C7H15BF3.K/c1-2-3-4-5-6-7-8(9,10)11;/h2-7H2,1H3;/q-1;+1. The van der Waals surface area contributed by atoms with Gasteiger partial charge in [-0.3, -0.25) is 0 Å². The van der Waals surface area contributed by atoms with Gasteiger partial charge in [0.2, 0.25) is 0 Å². The van der Waals surface area contributed by atoms with Crippen molar-refractivity contribution < 1.29 is 64.3 Å². The molecule has 0 spiro atoms. The molecule has 0 fully saturated rings. The summed E-state index contributed by atoms with van der Waals surface area (Å²) in [5, 5.41) is 0. The number of hydrogen-bond acceptors (Lipinski definition) is 0. The summed E-state index contributed by atoms with van der Waals surface area (Å²) in [5.74, 6) is 0. The van der Waals surface area contributed by atoms with Gasteiger partial charge in [-0.05, 0) is 0 Å². The van der Waals surface area contributed by atoms with Gasteiger partial charge in [0.1, 0.15) is 0 Å². The predicted molar refractivity (Wildman–Crippen MR) is 42.6 cm³/mol. The Kier molecular flexibility index (Phi) is 12.0. The molecule has 0 aliphatic rings. The van der Waals surface area contributed by atoms with E-state index in [0.717, 1.165) is 25.7 Å². The van der Waals surface area contributed by atoms with Crippen LogP contribution in [0.5, 0.6) is 0 Å². The molecule has 12 heavy (non-hydrogen) atoms. The van der Waals surface area contributed by atoms with Crippen molar-refractivity contribution in [2.24, 2.45) is 0 Å². The summed E-state index contributed by atoms with van der Waals surface area (Å²) in [4.78, 5) is 0. The molecule has 0 radical (unpaired) electrons. The molecule has 0 aromatic rings. The summed E-state index contributed by atoms with van der Waals surface area (Å²) < 4.78 is 34.9. The Bertz CT molecular complexity index is 95.1. The van der Waals surface area contributed by atoms with Gasteiger partial charge in [0, 0.05) is 0 Å². The van der Waals surface area contributed by atoms with Gasteiger partial charge in [0.05, 0.1) is 0 Å². The minimum Gasteiger partial charge on any atom is -0.449 e. The Morgan fingerprint density at radius 3 is 1.83 bits per heavy atom. The van der Waals surface area contributed by atoms with Gasteiger partial charge in [-0.25, -0.2) is 0 Å². The molecule has 0 saturated heterocycles. The van der Waals surface area contributed by atoms with Crippen LogP contribution in [0.4, 0.5) is 12.9 Å². The first kappa shape index (κ1) is 15.9. The van der Waals surface area contributed by atoms with E-state index < -0.39 is 13.3 Å². The van der Waals surface area contributed by atoms with Crippen LogP contribution in [-0.4, -0.2) is 6.98 Å². The molecule has 0 unspecified atom stereocenters. The Hall–Kier alpha value is 1.49. The fourth-order valence-electron chi connectivity index (χ4n) is 0.979. The van der Waals surface area contributed by atoms with Crippen LogP contribution in [0.3, 0.4) is 0 Å². The van der Waals surface area contributed by atoms with Crippen molar-refractivity contribution >= 4 is 6.98 Å². The van der Waals surface area contributed by atoms with Crippen molar-refractivity contribution in [3.63, 3.8) is 0 Å². The van der Waals surface area contributed by atoms with Gasteiger partial charge in [-0.2, -0.15) is 0 Å². The molecule has 0 aliphatic carbocycles. The van der Waals surface area contributed by atoms with Crippen LogP contribution in [0.15, 0.2) is 0 Å². The van der Waals surface area contributed by atoms with E-state index in [2.05, 4.69) is 0 Å². The van der Waals surface area contributed by atoms with Gasteiger partial charge >= 0.3 is 58.4 Å². The smallest absolute Gasteiger partial charge is 0.449 e. The van der Waals surface area contributed by atoms with Crippen LogP contribution in [0, 0.1) is 0 Å². The zero-order valence-corrected chi connectivity index (χ0v) is 11.1. The summed E-state index contributed by atoms with van der Waals surface area (Å²) in [6.45, 7) is -2.47. The van der Waals surface area contributed by atoms with Crippen LogP contribution >= 0.6 is 0 Å². The van der Waals surface area contributed by atoms with E-state index in [-0.39, 0.29) is 51.4 Å². The molecule has 0 amide bonds. The molecule has 0 rings (SSSR count). The Morgan fingerprint density at radius 1 is 0.917 bits per heavy atom. The zero-order chi connectivity index (χ0) is 8.74. The molecule has 0 heterocycles. The third-order valence-corrected chi connectivity index (χ3v) is 1.64. The molecule has 0 aromatic carbocycles. The summed E-state index contributed by atoms with van der Waals surface area (Å²) in [7, 11) is 0. The summed E-state index contributed by atoms with van der Waals surface area (Å²) in [5.41, 5.74) is 0. The first-order valence-corrected chi connectivity index (χ1v) is 4.27. The van der Waals surface area contributed by atoms with Crippen LogP contribution in [-0.2, 0) is 0 Å². The van der Waals surface area contributed by atoms with E-state index in [1.807, 2.05) is 6.92 Å². The molecular formula is C7H15BF3K. The Labute approximate surface area is 115 Å². The van der Waals surface area contributed by atoms with Crippen molar-refractivity contribution in [3.05, 3.63) is 0 Å². The first-order valence-electron chi connectivity index (χ1n) is 4.27. The van der Waals surface area contributed by atoms with E-state index in [4.69, 9.17) is 0 Å². The fourth-order valence-corrected chi connectivity index (χ4v) is 0.979. The minimum atomic E-state index is -4.52. The molecule has 0 N–H and O–H groups in total. The summed E-state index contributed by atoms with van der Waals surface area (Å²) >= 11 is 0. The van der Waals surface area contributed by atoms with Gasteiger partial charge in [0.25, 0.3) is 0 Å². The van der Waals surface area contributed by atoms with Crippen molar-refractivity contribution in [1.82, 2.24) is 0 Å². The SMILES string of the molecule is CCCCCCC[B-](F)(F)F.[K+].